The summed E-state index contributed by atoms with van der Waals surface area (Å²) < 4.78 is 12.2. The van der Waals surface area contributed by atoms with Crippen LogP contribution in [0.1, 0.15) is 16.5 Å². The summed E-state index contributed by atoms with van der Waals surface area (Å²) in [6.45, 7) is 2.01. The maximum atomic E-state index is 12.2. The Morgan fingerprint density at radius 2 is 1.67 bits per heavy atom. The van der Waals surface area contributed by atoms with Crippen molar-refractivity contribution in [3.05, 3.63) is 65.7 Å². The van der Waals surface area contributed by atoms with Crippen molar-refractivity contribution >= 4 is 22.4 Å². The maximum absolute atomic E-state index is 12.2. The van der Waals surface area contributed by atoms with E-state index in [-0.39, 0.29) is 5.38 Å². The summed E-state index contributed by atoms with van der Waals surface area (Å²) >= 11 is 6.29. The summed E-state index contributed by atoms with van der Waals surface area (Å²) in [6.07, 6.45) is 0. The smallest absolute Gasteiger partial charge is 0.0704 e. The van der Waals surface area contributed by atoms with E-state index >= 15 is 0 Å². The van der Waals surface area contributed by atoms with Crippen LogP contribution in [0, 0.1) is 6.92 Å². The number of benzene rings is 2. The van der Waals surface area contributed by atoms with Crippen LogP contribution in [-0.2, 0) is 10.8 Å². The van der Waals surface area contributed by atoms with E-state index in [9.17, 15) is 4.21 Å². The van der Waals surface area contributed by atoms with Crippen LogP contribution in [0.5, 0.6) is 0 Å². The van der Waals surface area contributed by atoms with Gasteiger partial charge in [-0.3, -0.25) is 4.21 Å². The first kappa shape index (κ1) is 13.3. The highest BCUT2D eigenvalue weighted by molar-refractivity contribution is 7.85. The lowest BCUT2D eigenvalue weighted by Gasteiger charge is -2.09. The molecule has 0 aliphatic heterocycles. The molecule has 0 aliphatic rings. The summed E-state index contributed by atoms with van der Waals surface area (Å²) in [4.78, 5) is 0.835. The number of hydrogen-bond donors (Lipinski definition) is 0. The van der Waals surface area contributed by atoms with Gasteiger partial charge in [0.25, 0.3) is 0 Å². The van der Waals surface area contributed by atoms with Crippen LogP contribution in [0.3, 0.4) is 0 Å². The number of halogens is 1. The summed E-state index contributed by atoms with van der Waals surface area (Å²) in [6, 6.07) is 17.5. The Morgan fingerprint density at radius 3 is 2.28 bits per heavy atom. The molecule has 0 amide bonds. The molecule has 0 aromatic heterocycles. The van der Waals surface area contributed by atoms with Crippen LogP contribution >= 0.6 is 11.6 Å². The molecule has 0 bridgehead atoms. The molecule has 2 aromatic carbocycles. The predicted molar refractivity (Wildman–Crippen MR) is 77.5 cm³/mol. The third-order valence-electron chi connectivity index (χ3n) is 2.74. The molecule has 0 unspecified atom stereocenters. The largest absolute Gasteiger partial charge is 0.254 e. The van der Waals surface area contributed by atoms with Crippen LogP contribution in [0.25, 0.3) is 0 Å². The highest BCUT2D eigenvalue weighted by Gasteiger charge is 2.13. The van der Waals surface area contributed by atoms with Crippen molar-refractivity contribution in [2.75, 3.05) is 5.75 Å². The van der Waals surface area contributed by atoms with Gasteiger partial charge >= 0.3 is 0 Å². The highest BCUT2D eigenvalue weighted by Crippen LogP contribution is 2.23. The molecule has 2 rings (SSSR count). The van der Waals surface area contributed by atoms with Crippen molar-refractivity contribution in [3.8, 4) is 0 Å². The van der Waals surface area contributed by atoms with Crippen LogP contribution < -0.4 is 0 Å². The second-order valence-electron chi connectivity index (χ2n) is 4.20. The molecule has 1 nitrogen and oxygen atoms in total. The number of rotatable bonds is 4. The van der Waals surface area contributed by atoms with Gasteiger partial charge in [-0.1, -0.05) is 48.0 Å². The van der Waals surface area contributed by atoms with E-state index in [1.54, 1.807) is 0 Å². The zero-order valence-electron chi connectivity index (χ0n) is 10.2. The number of aryl methyl sites for hydroxylation is 1. The minimum absolute atomic E-state index is 0.215. The Kier molecular flexibility index (Phi) is 4.56. The lowest BCUT2D eigenvalue weighted by Crippen LogP contribution is -2.04. The quantitative estimate of drug-likeness (QED) is 0.770. The van der Waals surface area contributed by atoms with Crippen LogP contribution in [0.2, 0.25) is 0 Å². The van der Waals surface area contributed by atoms with Gasteiger partial charge in [0.2, 0.25) is 0 Å². The van der Waals surface area contributed by atoms with E-state index < -0.39 is 10.8 Å². The van der Waals surface area contributed by atoms with Gasteiger partial charge in [0.1, 0.15) is 0 Å². The summed E-state index contributed by atoms with van der Waals surface area (Å²) in [5.74, 6) is 0.439. The summed E-state index contributed by atoms with van der Waals surface area (Å²) in [7, 11) is -1.05. The molecule has 0 saturated heterocycles. The van der Waals surface area contributed by atoms with Gasteiger partial charge < -0.3 is 0 Å². The van der Waals surface area contributed by atoms with Gasteiger partial charge in [-0.15, -0.1) is 11.6 Å². The average molecular weight is 279 g/mol. The molecule has 94 valence electrons. The molecule has 2 atom stereocenters. The third kappa shape index (κ3) is 3.44. The normalized spacial score (nSPS) is 14.1. The lowest BCUT2D eigenvalue weighted by atomic mass is 10.2. The first-order chi connectivity index (χ1) is 8.66. The Bertz CT molecular complexity index is 522. The van der Waals surface area contributed by atoms with Crippen molar-refractivity contribution in [1.29, 1.82) is 0 Å². The second kappa shape index (κ2) is 6.17. The lowest BCUT2D eigenvalue weighted by molar-refractivity contribution is 0.682. The van der Waals surface area contributed by atoms with Crippen molar-refractivity contribution in [1.82, 2.24) is 0 Å². The van der Waals surface area contributed by atoms with Gasteiger partial charge in [0, 0.05) is 10.6 Å². The first-order valence-corrected chi connectivity index (χ1v) is 7.56. The van der Waals surface area contributed by atoms with Crippen molar-refractivity contribution in [3.63, 3.8) is 0 Å². The van der Waals surface area contributed by atoms with Gasteiger partial charge in [-0.05, 0) is 24.6 Å². The Balaban J connectivity index is 2.06. The van der Waals surface area contributed by atoms with E-state index in [1.165, 1.54) is 5.56 Å². The highest BCUT2D eigenvalue weighted by atomic mass is 35.5. The predicted octanol–water partition coefficient (Wildman–Crippen LogP) is 4.08. The fourth-order valence-electron chi connectivity index (χ4n) is 1.68. The Labute approximate surface area is 115 Å². The van der Waals surface area contributed by atoms with Gasteiger partial charge in [-0.2, -0.15) is 0 Å². The molecule has 0 fully saturated rings. The minimum Gasteiger partial charge on any atom is -0.254 e. The molecule has 3 heteroatoms. The molecular formula is C15H15ClOS. The standard InChI is InChI=1S/C15H15ClOS/c1-12-7-9-14(10-8-12)18(17)11-15(16)13-5-3-2-4-6-13/h2-10,15H,11H2,1H3/t15-,18+/m0/s1. The third-order valence-corrected chi connectivity index (χ3v) is 4.77. The molecule has 0 N–H and O–H groups in total. The van der Waals surface area contributed by atoms with E-state index in [0.29, 0.717) is 5.75 Å². The van der Waals surface area contributed by atoms with Crippen molar-refractivity contribution in [2.45, 2.75) is 17.2 Å². The molecule has 0 radical (unpaired) electrons. The van der Waals surface area contributed by atoms with Crippen LogP contribution in [0.4, 0.5) is 0 Å². The molecule has 0 spiro atoms. The molecular weight excluding hydrogens is 264 g/mol. The second-order valence-corrected chi connectivity index (χ2v) is 6.23. The van der Waals surface area contributed by atoms with E-state index in [1.807, 2.05) is 61.5 Å². The molecule has 0 heterocycles. The van der Waals surface area contributed by atoms with Gasteiger partial charge in [0.05, 0.1) is 16.2 Å². The molecule has 0 aliphatic carbocycles. The zero-order chi connectivity index (χ0) is 13.0. The Morgan fingerprint density at radius 1 is 1.06 bits per heavy atom. The SMILES string of the molecule is Cc1ccc([S@](=O)C[C@H](Cl)c2ccccc2)cc1. The topological polar surface area (TPSA) is 17.1 Å². The van der Waals surface area contributed by atoms with Gasteiger partial charge in [-0.25, -0.2) is 0 Å². The molecule has 2 aromatic rings. The van der Waals surface area contributed by atoms with Crippen LogP contribution in [-0.4, -0.2) is 9.96 Å². The van der Waals surface area contributed by atoms with Crippen molar-refractivity contribution in [2.24, 2.45) is 0 Å². The van der Waals surface area contributed by atoms with Gasteiger partial charge in [0.15, 0.2) is 0 Å². The average Bonchev–Trinajstić information content (AvgIpc) is 2.40. The minimum atomic E-state index is -1.05. The first-order valence-electron chi connectivity index (χ1n) is 5.81. The number of hydrogen-bond acceptors (Lipinski definition) is 1. The fraction of sp³-hybridized carbons (Fsp3) is 0.200. The maximum Gasteiger partial charge on any atom is 0.0704 e. The van der Waals surface area contributed by atoms with E-state index in [4.69, 9.17) is 11.6 Å². The monoisotopic (exact) mass is 278 g/mol. The molecule has 18 heavy (non-hydrogen) atoms. The molecule has 0 saturated carbocycles. The summed E-state index contributed by atoms with van der Waals surface area (Å²) in [5, 5.41) is -0.215. The van der Waals surface area contributed by atoms with Crippen molar-refractivity contribution < 1.29 is 4.21 Å². The Hall–Kier alpha value is -1.12. The van der Waals surface area contributed by atoms with Crippen LogP contribution in [0.15, 0.2) is 59.5 Å². The summed E-state index contributed by atoms with van der Waals surface area (Å²) in [5.41, 5.74) is 2.18. The number of alkyl halides is 1. The fourth-order valence-corrected chi connectivity index (χ4v) is 3.26. The zero-order valence-corrected chi connectivity index (χ0v) is 11.7. The van der Waals surface area contributed by atoms with E-state index in [2.05, 4.69) is 0 Å². The van der Waals surface area contributed by atoms with E-state index in [0.717, 1.165) is 10.5 Å².